The van der Waals surface area contributed by atoms with Gasteiger partial charge < -0.3 is 10.8 Å². The predicted molar refractivity (Wildman–Crippen MR) is 39.6 cm³/mol. The topological polar surface area (TPSA) is 63.3 Å². The number of carbonyl (C=O) groups excluding carboxylic acids is 1. The Hall–Kier alpha value is -0.570. The fraction of sp³-hybridized carbons (Fsp3) is 0.875. The predicted octanol–water partition coefficient (Wildman–Crippen LogP) is 0.0228. The summed E-state index contributed by atoms with van der Waals surface area (Å²) in [6.45, 7) is 0. The molecule has 3 N–H and O–H groups in total. The van der Waals surface area contributed by atoms with E-state index in [1.165, 1.54) is 0 Å². The van der Waals surface area contributed by atoms with Crippen molar-refractivity contribution in [3.8, 4) is 0 Å². The van der Waals surface area contributed by atoms with E-state index in [0.717, 1.165) is 25.7 Å². The fourth-order valence-electron chi connectivity index (χ4n) is 2.61. The molecular weight excluding hydrogens is 142 g/mol. The van der Waals surface area contributed by atoms with Gasteiger partial charge in [0, 0.05) is 0 Å². The summed E-state index contributed by atoms with van der Waals surface area (Å²) in [4.78, 5) is 10.9. The maximum Gasteiger partial charge on any atom is 0.223 e. The Bertz CT molecular complexity index is 204. The summed E-state index contributed by atoms with van der Waals surface area (Å²) in [7, 11) is 0. The molecule has 3 heteroatoms. The SMILES string of the molecule is NC(=O)C1CC2CCC1(O)C2. The number of fused-ring (bicyclic) bond motifs is 2. The molecule has 62 valence electrons. The second-order valence-electron chi connectivity index (χ2n) is 3.90. The molecule has 2 aliphatic carbocycles. The summed E-state index contributed by atoms with van der Waals surface area (Å²) < 4.78 is 0. The van der Waals surface area contributed by atoms with Crippen molar-refractivity contribution in [2.24, 2.45) is 17.6 Å². The molecule has 2 fully saturated rings. The molecule has 2 rings (SSSR count). The molecule has 0 aliphatic heterocycles. The molecule has 0 aromatic heterocycles. The summed E-state index contributed by atoms with van der Waals surface area (Å²) in [5.74, 6) is -0.0338. The zero-order valence-electron chi connectivity index (χ0n) is 6.42. The van der Waals surface area contributed by atoms with Crippen molar-refractivity contribution in [3.05, 3.63) is 0 Å². The molecule has 2 bridgehead atoms. The van der Waals surface area contributed by atoms with Gasteiger partial charge >= 0.3 is 0 Å². The fourth-order valence-corrected chi connectivity index (χ4v) is 2.61. The molecule has 0 aromatic rings. The normalized spacial score (nSPS) is 48.1. The largest absolute Gasteiger partial charge is 0.389 e. The lowest BCUT2D eigenvalue weighted by molar-refractivity contribution is -0.129. The first-order chi connectivity index (χ1) is 5.12. The van der Waals surface area contributed by atoms with Crippen molar-refractivity contribution >= 4 is 5.91 Å². The van der Waals surface area contributed by atoms with Gasteiger partial charge in [0.25, 0.3) is 0 Å². The highest BCUT2D eigenvalue weighted by molar-refractivity contribution is 5.78. The van der Waals surface area contributed by atoms with Gasteiger partial charge in [-0.3, -0.25) is 4.79 Å². The first-order valence-corrected chi connectivity index (χ1v) is 4.13. The van der Waals surface area contributed by atoms with Crippen LogP contribution < -0.4 is 5.73 Å². The Morgan fingerprint density at radius 3 is 2.64 bits per heavy atom. The molecule has 3 nitrogen and oxygen atoms in total. The number of primary amides is 1. The van der Waals surface area contributed by atoms with Gasteiger partial charge in [-0.2, -0.15) is 0 Å². The van der Waals surface area contributed by atoms with Gasteiger partial charge in [0.15, 0.2) is 0 Å². The van der Waals surface area contributed by atoms with Gasteiger partial charge in [-0.1, -0.05) is 0 Å². The number of amides is 1. The summed E-state index contributed by atoms with van der Waals surface area (Å²) in [6, 6.07) is 0. The van der Waals surface area contributed by atoms with E-state index in [2.05, 4.69) is 0 Å². The van der Waals surface area contributed by atoms with E-state index < -0.39 is 5.60 Å². The summed E-state index contributed by atoms with van der Waals surface area (Å²) in [5, 5.41) is 9.87. The Kier molecular flexibility index (Phi) is 1.27. The van der Waals surface area contributed by atoms with E-state index in [9.17, 15) is 9.90 Å². The van der Waals surface area contributed by atoms with Gasteiger partial charge in [0.1, 0.15) is 0 Å². The van der Waals surface area contributed by atoms with Crippen LogP contribution in [-0.2, 0) is 4.79 Å². The van der Waals surface area contributed by atoms with Gasteiger partial charge in [0.2, 0.25) is 5.91 Å². The third-order valence-electron chi connectivity index (χ3n) is 3.19. The minimum Gasteiger partial charge on any atom is -0.389 e. The number of rotatable bonds is 1. The molecule has 2 aliphatic rings. The molecule has 0 heterocycles. The Labute approximate surface area is 65.6 Å². The zero-order chi connectivity index (χ0) is 8.06. The van der Waals surface area contributed by atoms with Gasteiger partial charge in [-0.25, -0.2) is 0 Å². The van der Waals surface area contributed by atoms with E-state index in [1.807, 2.05) is 0 Å². The molecule has 0 aromatic carbocycles. The van der Waals surface area contributed by atoms with Crippen LogP contribution in [0.4, 0.5) is 0 Å². The number of hydrogen-bond acceptors (Lipinski definition) is 2. The van der Waals surface area contributed by atoms with Crippen LogP contribution in [0.5, 0.6) is 0 Å². The van der Waals surface area contributed by atoms with Crippen LogP contribution >= 0.6 is 0 Å². The lowest BCUT2D eigenvalue weighted by Gasteiger charge is -2.26. The van der Waals surface area contributed by atoms with Gasteiger partial charge in [-0.05, 0) is 31.6 Å². The second kappa shape index (κ2) is 1.97. The maximum absolute atomic E-state index is 10.9. The minimum atomic E-state index is -0.726. The highest BCUT2D eigenvalue weighted by atomic mass is 16.3. The molecule has 0 spiro atoms. The van der Waals surface area contributed by atoms with Crippen molar-refractivity contribution in [1.29, 1.82) is 0 Å². The molecule has 0 radical (unpaired) electrons. The molecular formula is C8H13NO2. The van der Waals surface area contributed by atoms with Crippen molar-refractivity contribution in [3.63, 3.8) is 0 Å². The highest BCUT2D eigenvalue weighted by Crippen LogP contribution is 2.51. The molecule has 3 unspecified atom stereocenters. The van der Waals surface area contributed by atoms with Crippen LogP contribution in [-0.4, -0.2) is 16.6 Å². The first kappa shape index (κ1) is 7.10. The van der Waals surface area contributed by atoms with Crippen LogP contribution in [0.25, 0.3) is 0 Å². The van der Waals surface area contributed by atoms with Crippen LogP contribution in [0, 0.1) is 11.8 Å². The Morgan fingerprint density at radius 1 is 1.64 bits per heavy atom. The third-order valence-corrected chi connectivity index (χ3v) is 3.19. The lowest BCUT2D eigenvalue weighted by atomic mass is 9.85. The highest BCUT2D eigenvalue weighted by Gasteiger charge is 2.53. The van der Waals surface area contributed by atoms with E-state index in [0.29, 0.717) is 5.92 Å². The smallest absolute Gasteiger partial charge is 0.223 e. The van der Waals surface area contributed by atoms with Crippen LogP contribution in [0.3, 0.4) is 0 Å². The summed E-state index contributed by atoms with van der Waals surface area (Å²) >= 11 is 0. The molecule has 2 saturated carbocycles. The number of carbonyl (C=O) groups is 1. The summed E-state index contributed by atoms with van der Waals surface area (Å²) in [5.41, 5.74) is 4.44. The van der Waals surface area contributed by atoms with Crippen LogP contribution in [0.2, 0.25) is 0 Å². The van der Waals surface area contributed by atoms with Crippen molar-refractivity contribution in [2.75, 3.05) is 0 Å². The second-order valence-corrected chi connectivity index (χ2v) is 3.90. The average Bonchev–Trinajstić information content (AvgIpc) is 2.41. The number of hydrogen-bond donors (Lipinski definition) is 2. The first-order valence-electron chi connectivity index (χ1n) is 4.13. The van der Waals surface area contributed by atoms with Crippen LogP contribution in [0.15, 0.2) is 0 Å². The molecule has 1 amide bonds. The maximum atomic E-state index is 10.9. The van der Waals surface area contributed by atoms with E-state index in [-0.39, 0.29) is 11.8 Å². The summed E-state index contributed by atoms with van der Waals surface area (Å²) in [6.07, 6.45) is 3.44. The van der Waals surface area contributed by atoms with Crippen molar-refractivity contribution < 1.29 is 9.90 Å². The Balaban J connectivity index is 2.21. The van der Waals surface area contributed by atoms with E-state index >= 15 is 0 Å². The molecule has 3 atom stereocenters. The monoisotopic (exact) mass is 155 g/mol. The number of nitrogens with two attached hydrogens (primary N) is 1. The van der Waals surface area contributed by atoms with E-state index in [4.69, 9.17) is 5.73 Å². The van der Waals surface area contributed by atoms with E-state index in [1.54, 1.807) is 0 Å². The van der Waals surface area contributed by atoms with Gasteiger partial charge in [0.05, 0.1) is 11.5 Å². The van der Waals surface area contributed by atoms with Crippen LogP contribution in [0.1, 0.15) is 25.7 Å². The molecule has 11 heavy (non-hydrogen) atoms. The Morgan fingerprint density at radius 2 is 2.36 bits per heavy atom. The third kappa shape index (κ3) is 0.872. The minimum absolute atomic E-state index is 0.263. The number of aliphatic hydroxyl groups is 1. The zero-order valence-corrected chi connectivity index (χ0v) is 6.42. The standard InChI is InChI=1S/C8H13NO2/c9-7(10)6-3-5-1-2-8(6,11)4-5/h5-6,11H,1-4H2,(H2,9,10). The van der Waals surface area contributed by atoms with Crippen molar-refractivity contribution in [2.45, 2.75) is 31.3 Å². The average molecular weight is 155 g/mol. The lowest BCUT2D eigenvalue weighted by Crippen LogP contribution is -2.40. The quantitative estimate of drug-likeness (QED) is 0.560. The van der Waals surface area contributed by atoms with Gasteiger partial charge in [-0.15, -0.1) is 0 Å². The van der Waals surface area contributed by atoms with Crippen molar-refractivity contribution in [1.82, 2.24) is 0 Å². The molecule has 0 saturated heterocycles.